The van der Waals surface area contributed by atoms with E-state index in [0.717, 1.165) is 11.8 Å². The molecule has 2 aliphatic heterocycles. The molecule has 1 amide bonds. The number of carbonyl (C=O) groups is 3. The predicted octanol–water partition coefficient (Wildman–Crippen LogP) is 4.38. The molecular formula is C24H32BrNO5. The molecule has 3 rings (SSSR count). The van der Waals surface area contributed by atoms with Crippen molar-refractivity contribution < 1.29 is 23.9 Å². The number of rotatable bonds is 10. The van der Waals surface area contributed by atoms with Gasteiger partial charge in [0.25, 0.3) is 0 Å². The van der Waals surface area contributed by atoms with E-state index in [2.05, 4.69) is 15.9 Å². The number of esters is 1. The number of ether oxygens (including phenoxy) is 2. The van der Waals surface area contributed by atoms with Gasteiger partial charge in [0.05, 0.1) is 16.8 Å². The highest BCUT2D eigenvalue weighted by Gasteiger charge is 2.44. The first-order valence-electron chi connectivity index (χ1n) is 11.1. The van der Waals surface area contributed by atoms with Crippen LogP contribution >= 0.6 is 15.9 Å². The molecule has 0 aromatic heterocycles. The van der Waals surface area contributed by atoms with E-state index in [-0.39, 0.29) is 52.8 Å². The standard InChI is InChI=1S/C24H32BrNO5/c1-15(2)19-12-22(31-23(19)28)20(25)13-21(16(3)9-10-27)26-18(14-30-24(26)29)11-17-7-5-4-6-8-17/h4-8,10,15-16,18-22H,9,11-14H2,1-3H3/t16?,18-,19?,20?,21?,22?/m0/s1. The molecule has 0 aliphatic carbocycles. The third-order valence-electron chi connectivity index (χ3n) is 6.53. The summed E-state index contributed by atoms with van der Waals surface area (Å²) >= 11 is 3.74. The molecule has 0 bridgehead atoms. The van der Waals surface area contributed by atoms with Crippen molar-refractivity contribution in [2.75, 3.05) is 6.61 Å². The monoisotopic (exact) mass is 493 g/mol. The summed E-state index contributed by atoms with van der Waals surface area (Å²) in [5.41, 5.74) is 1.14. The lowest BCUT2D eigenvalue weighted by molar-refractivity contribution is -0.145. The van der Waals surface area contributed by atoms with Crippen LogP contribution in [-0.2, 0) is 25.5 Å². The molecule has 5 unspecified atom stereocenters. The van der Waals surface area contributed by atoms with Gasteiger partial charge in [0.2, 0.25) is 0 Å². The number of cyclic esters (lactones) is 2. The zero-order chi connectivity index (χ0) is 22.5. The molecule has 0 radical (unpaired) electrons. The molecule has 6 atom stereocenters. The first kappa shape index (κ1) is 23.8. The second-order valence-electron chi connectivity index (χ2n) is 9.09. The fraction of sp³-hybridized carbons (Fsp3) is 0.625. The highest BCUT2D eigenvalue weighted by atomic mass is 79.9. The average Bonchev–Trinajstić information content (AvgIpc) is 3.30. The highest BCUT2D eigenvalue weighted by Crippen LogP contribution is 2.36. The van der Waals surface area contributed by atoms with Gasteiger partial charge in [0.1, 0.15) is 19.0 Å². The van der Waals surface area contributed by atoms with Crippen molar-refractivity contribution in [1.29, 1.82) is 0 Å². The van der Waals surface area contributed by atoms with Crippen LogP contribution in [0.5, 0.6) is 0 Å². The number of amides is 1. The van der Waals surface area contributed by atoms with Crippen LogP contribution in [0.2, 0.25) is 0 Å². The minimum Gasteiger partial charge on any atom is -0.461 e. The van der Waals surface area contributed by atoms with E-state index in [0.29, 0.717) is 32.3 Å². The number of benzene rings is 1. The summed E-state index contributed by atoms with van der Waals surface area (Å²) < 4.78 is 11.1. The summed E-state index contributed by atoms with van der Waals surface area (Å²) in [6.07, 6.45) is 2.61. The predicted molar refractivity (Wildman–Crippen MR) is 121 cm³/mol. The fourth-order valence-corrected chi connectivity index (χ4v) is 5.34. The maximum Gasteiger partial charge on any atom is 0.410 e. The van der Waals surface area contributed by atoms with E-state index in [1.807, 2.05) is 56.0 Å². The van der Waals surface area contributed by atoms with Crippen LogP contribution in [0.1, 0.15) is 45.6 Å². The van der Waals surface area contributed by atoms with Crippen LogP contribution in [0.3, 0.4) is 0 Å². The van der Waals surface area contributed by atoms with Crippen LogP contribution < -0.4 is 0 Å². The van der Waals surface area contributed by atoms with E-state index in [1.165, 1.54) is 0 Å². The van der Waals surface area contributed by atoms with Gasteiger partial charge >= 0.3 is 12.1 Å². The van der Waals surface area contributed by atoms with Crippen LogP contribution in [-0.4, -0.2) is 52.9 Å². The average molecular weight is 494 g/mol. The first-order chi connectivity index (χ1) is 14.8. The van der Waals surface area contributed by atoms with Crippen LogP contribution in [0.25, 0.3) is 0 Å². The summed E-state index contributed by atoms with van der Waals surface area (Å²) in [5.74, 6) is -0.0618. The Balaban J connectivity index is 1.76. The van der Waals surface area contributed by atoms with Gasteiger partial charge < -0.3 is 14.3 Å². The lowest BCUT2D eigenvalue weighted by Gasteiger charge is -2.36. The molecule has 1 aromatic rings. The first-order valence-corrected chi connectivity index (χ1v) is 12.0. The zero-order valence-electron chi connectivity index (χ0n) is 18.4. The summed E-state index contributed by atoms with van der Waals surface area (Å²) in [7, 11) is 0. The minimum absolute atomic E-state index is 0.0422. The Morgan fingerprint density at radius 2 is 1.90 bits per heavy atom. The third kappa shape index (κ3) is 5.68. The lowest BCUT2D eigenvalue weighted by atomic mass is 9.88. The molecule has 0 N–H and O–H groups in total. The van der Waals surface area contributed by atoms with Gasteiger partial charge in [-0.15, -0.1) is 0 Å². The number of hydrogen-bond acceptors (Lipinski definition) is 5. The lowest BCUT2D eigenvalue weighted by Crippen LogP contribution is -2.48. The maximum absolute atomic E-state index is 12.7. The van der Waals surface area contributed by atoms with Gasteiger partial charge in [-0.3, -0.25) is 9.69 Å². The second kappa shape index (κ2) is 10.6. The van der Waals surface area contributed by atoms with Gasteiger partial charge in [0, 0.05) is 12.5 Å². The Morgan fingerprint density at radius 3 is 2.52 bits per heavy atom. The van der Waals surface area contributed by atoms with Gasteiger partial charge in [-0.05, 0) is 36.7 Å². The van der Waals surface area contributed by atoms with Crippen molar-refractivity contribution in [3.8, 4) is 0 Å². The largest absolute Gasteiger partial charge is 0.461 e. The van der Waals surface area contributed by atoms with Crippen LogP contribution in [0.15, 0.2) is 30.3 Å². The number of nitrogens with zero attached hydrogens (tertiary/aromatic N) is 1. The van der Waals surface area contributed by atoms with E-state index in [9.17, 15) is 14.4 Å². The number of carbonyl (C=O) groups excluding carboxylic acids is 3. The Bertz CT molecular complexity index is 770. The topological polar surface area (TPSA) is 72.9 Å². The molecule has 31 heavy (non-hydrogen) atoms. The van der Waals surface area contributed by atoms with Crippen molar-refractivity contribution in [3.05, 3.63) is 35.9 Å². The molecule has 2 aliphatic rings. The molecule has 6 nitrogen and oxygen atoms in total. The fourth-order valence-electron chi connectivity index (χ4n) is 4.63. The van der Waals surface area contributed by atoms with Gasteiger partial charge in [-0.25, -0.2) is 4.79 Å². The van der Waals surface area contributed by atoms with Crippen molar-refractivity contribution in [3.63, 3.8) is 0 Å². The molecule has 2 fully saturated rings. The van der Waals surface area contributed by atoms with Gasteiger partial charge in [-0.1, -0.05) is 67.0 Å². The maximum atomic E-state index is 12.7. The van der Waals surface area contributed by atoms with E-state index >= 15 is 0 Å². The zero-order valence-corrected chi connectivity index (χ0v) is 20.0. The number of halogens is 1. The Hall–Kier alpha value is -1.89. The number of hydrogen-bond donors (Lipinski definition) is 0. The van der Waals surface area contributed by atoms with Crippen molar-refractivity contribution >= 4 is 34.3 Å². The van der Waals surface area contributed by atoms with Gasteiger partial charge in [-0.2, -0.15) is 0 Å². The summed E-state index contributed by atoms with van der Waals surface area (Å²) in [6.45, 7) is 6.38. The number of aldehydes is 1. The van der Waals surface area contributed by atoms with Crippen molar-refractivity contribution in [2.45, 2.75) is 69.5 Å². The molecule has 0 saturated carbocycles. The van der Waals surface area contributed by atoms with E-state index in [1.54, 1.807) is 0 Å². The second-order valence-corrected chi connectivity index (χ2v) is 10.3. The molecule has 1 aromatic carbocycles. The molecule has 170 valence electrons. The molecule has 0 spiro atoms. The molecule has 7 heteroatoms. The molecular weight excluding hydrogens is 462 g/mol. The van der Waals surface area contributed by atoms with Crippen molar-refractivity contribution in [1.82, 2.24) is 4.90 Å². The Labute approximate surface area is 192 Å². The Kier molecular flexibility index (Phi) is 8.14. The van der Waals surface area contributed by atoms with Crippen molar-refractivity contribution in [2.24, 2.45) is 17.8 Å². The number of alkyl halides is 1. The van der Waals surface area contributed by atoms with E-state index in [4.69, 9.17) is 9.47 Å². The van der Waals surface area contributed by atoms with Gasteiger partial charge in [0.15, 0.2) is 0 Å². The van der Waals surface area contributed by atoms with Crippen LogP contribution in [0, 0.1) is 17.8 Å². The summed E-state index contributed by atoms with van der Waals surface area (Å²) in [6, 6.07) is 9.73. The summed E-state index contributed by atoms with van der Waals surface area (Å²) in [5, 5.41) is 0. The normalized spacial score (nSPS) is 26.5. The SMILES string of the molecule is CC(C)C1CC(C(Br)CC(C(C)CC=O)N2C(=O)OC[C@@H]2Cc2ccccc2)OC1=O. The molecule has 2 heterocycles. The quantitative estimate of drug-likeness (QED) is 0.274. The van der Waals surface area contributed by atoms with E-state index < -0.39 is 0 Å². The third-order valence-corrected chi connectivity index (χ3v) is 7.49. The summed E-state index contributed by atoms with van der Waals surface area (Å²) in [4.78, 5) is 38.0. The minimum atomic E-state index is -0.341. The Morgan fingerprint density at radius 1 is 1.19 bits per heavy atom. The smallest absolute Gasteiger partial charge is 0.410 e. The molecule has 2 saturated heterocycles. The van der Waals surface area contributed by atoms with Crippen LogP contribution in [0.4, 0.5) is 4.79 Å². The highest BCUT2D eigenvalue weighted by molar-refractivity contribution is 9.09.